The van der Waals surface area contributed by atoms with E-state index in [0.717, 1.165) is 5.56 Å². The molecule has 0 fully saturated rings. The molecule has 0 saturated carbocycles. The zero-order chi connectivity index (χ0) is 15.1. The molecule has 0 saturated heterocycles. The Hall–Kier alpha value is -2.46. The lowest BCUT2D eigenvalue weighted by Crippen LogP contribution is -2.14. The highest BCUT2D eigenvalue weighted by molar-refractivity contribution is 8.00. The summed E-state index contributed by atoms with van der Waals surface area (Å²) >= 11 is 1.74. The number of nitrogens with zero attached hydrogens (tertiary/aromatic N) is 1. The summed E-state index contributed by atoms with van der Waals surface area (Å²) < 4.78 is 2.13. The lowest BCUT2D eigenvalue weighted by molar-refractivity contribution is 0.0999. The molecule has 2 aromatic carbocycles. The number of para-hydroxylation sites is 1. The third-order valence-electron chi connectivity index (χ3n) is 3.91. The van der Waals surface area contributed by atoms with Crippen LogP contribution in [0.15, 0.2) is 65.7 Å². The Labute approximate surface area is 132 Å². The Morgan fingerprint density at radius 2 is 1.95 bits per heavy atom. The third kappa shape index (κ3) is 2.04. The molecule has 0 radical (unpaired) electrons. The van der Waals surface area contributed by atoms with Gasteiger partial charge in [0.1, 0.15) is 0 Å². The minimum Gasteiger partial charge on any atom is -0.366 e. The van der Waals surface area contributed by atoms with Crippen LogP contribution in [0.1, 0.15) is 21.2 Å². The molecule has 1 unspecified atom stereocenters. The molecule has 22 heavy (non-hydrogen) atoms. The van der Waals surface area contributed by atoms with Gasteiger partial charge in [-0.25, -0.2) is 0 Å². The highest BCUT2D eigenvalue weighted by Crippen LogP contribution is 2.43. The average Bonchev–Trinajstić information content (AvgIpc) is 2.85. The standard InChI is InChI=1S/C18H14N2OS/c19-18(21)14-6-2-1-5-13(14)15-9-11-20-10-8-12-4-3-7-16(22-15)17(12)20/h1-11,15H,(H2,19,21). The van der Waals surface area contributed by atoms with Crippen LogP contribution in [0.4, 0.5) is 0 Å². The summed E-state index contributed by atoms with van der Waals surface area (Å²) in [6.07, 6.45) is 6.24. The number of primary amides is 1. The van der Waals surface area contributed by atoms with Crippen LogP contribution < -0.4 is 5.73 Å². The van der Waals surface area contributed by atoms with Crippen LogP contribution in [-0.2, 0) is 0 Å². The second kappa shape index (κ2) is 5.07. The van der Waals surface area contributed by atoms with E-state index in [1.165, 1.54) is 15.8 Å². The largest absolute Gasteiger partial charge is 0.366 e. The van der Waals surface area contributed by atoms with Crippen molar-refractivity contribution in [2.75, 3.05) is 0 Å². The Morgan fingerprint density at radius 1 is 1.09 bits per heavy atom. The fourth-order valence-electron chi connectivity index (χ4n) is 2.89. The van der Waals surface area contributed by atoms with Crippen molar-refractivity contribution >= 4 is 34.8 Å². The Balaban J connectivity index is 1.86. The third-order valence-corrected chi connectivity index (χ3v) is 5.16. The predicted octanol–water partition coefficient (Wildman–Crippen LogP) is 4.06. The summed E-state index contributed by atoms with van der Waals surface area (Å²) in [5.74, 6) is -0.383. The summed E-state index contributed by atoms with van der Waals surface area (Å²) in [5, 5.41) is 1.28. The van der Waals surface area contributed by atoms with Gasteiger partial charge in [-0.05, 0) is 23.8 Å². The van der Waals surface area contributed by atoms with Crippen molar-refractivity contribution in [3.05, 3.63) is 71.9 Å². The van der Waals surface area contributed by atoms with Crippen LogP contribution in [-0.4, -0.2) is 10.5 Å². The van der Waals surface area contributed by atoms with E-state index in [1.807, 2.05) is 18.2 Å². The zero-order valence-electron chi connectivity index (χ0n) is 11.8. The highest BCUT2D eigenvalue weighted by Gasteiger charge is 2.20. The van der Waals surface area contributed by atoms with Crippen LogP contribution >= 0.6 is 11.8 Å². The first-order valence-electron chi connectivity index (χ1n) is 7.07. The van der Waals surface area contributed by atoms with E-state index in [-0.39, 0.29) is 11.2 Å². The molecule has 1 atom stereocenters. The summed E-state index contributed by atoms with van der Waals surface area (Å²) in [5.41, 5.74) is 8.28. The number of benzene rings is 2. The van der Waals surface area contributed by atoms with Crippen LogP contribution in [0.5, 0.6) is 0 Å². The first-order valence-corrected chi connectivity index (χ1v) is 7.95. The second-order valence-electron chi connectivity index (χ2n) is 5.25. The van der Waals surface area contributed by atoms with Gasteiger partial charge in [-0.2, -0.15) is 0 Å². The van der Waals surface area contributed by atoms with Gasteiger partial charge in [0.15, 0.2) is 0 Å². The number of amides is 1. The van der Waals surface area contributed by atoms with E-state index in [2.05, 4.69) is 47.3 Å². The van der Waals surface area contributed by atoms with Gasteiger partial charge in [0, 0.05) is 28.2 Å². The van der Waals surface area contributed by atoms with E-state index in [9.17, 15) is 4.79 Å². The molecule has 3 aromatic rings. The van der Waals surface area contributed by atoms with Gasteiger partial charge >= 0.3 is 0 Å². The minimum absolute atomic E-state index is 0.0641. The number of carbonyl (C=O) groups excluding carboxylic acids is 1. The average molecular weight is 306 g/mol. The van der Waals surface area contributed by atoms with Crippen molar-refractivity contribution in [3.63, 3.8) is 0 Å². The summed E-state index contributed by atoms with van der Waals surface area (Å²) in [6.45, 7) is 0. The molecule has 0 aliphatic carbocycles. The highest BCUT2D eigenvalue weighted by atomic mass is 32.2. The number of hydrogen-bond acceptors (Lipinski definition) is 2. The SMILES string of the molecule is NC(=O)c1ccccc1C1C=Cn2ccc3cccc(c32)S1. The van der Waals surface area contributed by atoms with Crippen LogP contribution in [0.2, 0.25) is 0 Å². The van der Waals surface area contributed by atoms with Crippen molar-refractivity contribution in [1.82, 2.24) is 4.57 Å². The number of thioether (sulfide) groups is 1. The number of hydrogen-bond donors (Lipinski definition) is 1. The topological polar surface area (TPSA) is 48.0 Å². The molecule has 4 rings (SSSR count). The van der Waals surface area contributed by atoms with Crippen molar-refractivity contribution < 1.29 is 4.79 Å². The molecule has 0 spiro atoms. The van der Waals surface area contributed by atoms with Crippen molar-refractivity contribution in [2.45, 2.75) is 10.1 Å². The van der Waals surface area contributed by atoms with Gasteiger partial charge in [0.2, 0.25) is 5.91 Å². The number of rotatable bonds is 2. The fraction of sp³-hybridized carbons (Fsp3) is 0.0556. The van der Waals surface area contributed by atoms with E-state index in [0.29, 0.717) is 5.56 Å². The lowest BCUT2D eigenvalue weighted by atomic mass is 10.0. The van der Waals surface area contributed by atoms with Gasteiger partial charge in [-0.3, -0.25) is 4.79 Å². The van der Waals surface area contributed by atoms with Gasteiger partial charge in [-0.1, -0.05) is 36.4 Å². The van der Waals surface area contributed by atoms with Crippen molar-refractivity contribution in [3.8, 4) is 0 Å². The quantitative estimate of drug-likeness (QED) is 0.776. The summed E-state index contributed by atoms with van der Waals surface area (Å²) in [7, 11) is 0. The van der Waals surface area contributed by atoms with E-state index in [1.54, 1.807) is 17.8 Å². The first-order chi connectivity index (χ1) is 10.7. The number of carbonyl (C=O) groups is 1. The van der Waals surface area contributed by atoms with Gasteiger partial charge in [-0.15, -0.1) is 11.8 Å². The molecule has 3 nitrogen and oxygen atoms in total. The maximum absolute atomic E-state index is 11.7. The molecule has 2 N–H and O–H groups in total. The van der Waals surface area contributed by atoms with E-state index in [4.69, 9.17) is 5.73 Å². The monoisotopic (exact) mass is 306 g/mol. The molecule has 108 valence electrons. The molecular weight excluding hydrogens is 292 g/mol. The van der Waals surface area contributed by atoms with Gasteiger partial charge in [0.25, 0.3) is 0 Å². The molecule has 0 bridgehead atoms. The smallest absolute Gasteiger partial charge is 0.249 e. The fourth-order valence-corrected chi connectivity index (χ4v) is 4.14. The number of nitrogens with two attached hydrogens (primary N) is 1. The molecule has 1 aliphatic heterocycles. The van der Waals surface area contributed by atoms with Crippen LogP contribution in [0.3, 0.4) is 0 Å². The molecule has 1 aliphatic rings. The lowest BCUT2D eigenvalue weighted by Gasteiger charge is -2.15. The normalized spacial score (nSPS) is 16.6. The molecule has 4 heteroatoms. The van der Waals surface area contributed by atoms with Gasteiger partial charge in [0.05, 0.1) is 10.8 Å². The Kier molecular flexibility index (Phi) is 3.05. The first kappa shape index (κ1) is 13.2. The zero-order valence-corrected chi connectivity index (χ0v) is 12.6. The number of aromatic nitrogens is 1. The maximum atomic E-state index is 11.7. The molecule has 1 amide bonds. The maximum Gasteiger partial charge on any atom is 0.249 e. The molecule has 2 heterocycles. The van der Waals surface area contributed by atoms with Crippen LogP contribution in [0.25, 0.3) is 17.1 Å². The predicted molar refractivity (Wildman–Crippen MR) is 90.8 cm³/mol. The van der Waals surface area contributed by atoms with Crippen molar-refractivity contribution in [1.29, 1.82) is 0 Å². The summed E-state index contributed by atoms with van der Waals surface area (Å²) in [4.78, 5) is 12.9. The van der Waals surface area contributed by atoms with E-state index < -0.39 is 0 Å². The van der Waals surface area contributed by atoms with Crippen LogP contribution in [0, 0.1) is 0 Å². The second-order valence-corrected chi connectivity index (χ2v) is 6.43. The minimum atomic E-state index is -0.383. The Bertz CT molecular complexity index is 910. The van der Waals surface area contributed by atoms with Gasteiger partial charge < -0.3 is 10.3 Å². The molecular formula is C18H14N2OS. The molecule has 1 aromatic heterocycles. The Morgan fingerprint density at radius 3 is 2.82 bits per heavy atom. The summed E-state index contributed by atoms with van der Waals surface area (Å²) in [6, 6.07) is 16.0. The van der Waals surface area contributed by atoms with E-state index >= 15 is 0 Å². The van der Waals surface area contributed by atoms with Crippen molar-refractivity contribution in [2.24, 2.45) is 5.73 Å².